The molecule has 0 aliphatic heterocycles. The summed E-state index contributed by atoms with van der Waals surface area (Å²) >= 11 is -0.189. The molecule has 0 unspecified atom stereocenters. The number of benzene rings is 1. The monoisotopic (exact) mass is 322 g/mol. The van der Waals surface area contributed by atoms with Crippen LogP contribution < -0.4 is 10.1 Å². The molecule has 2 rings (SSSR count). The van der Waals surface area contributed by atoms with Crippen LogP contribution in [0.1, 0.15) is 52.0 Å². The number of primary amides is 1. The molecule has 5 heteroatoms. The van der Waals surface area contributed by atoms with Crippen molar-refractivity contribution in [3.05, 3.63) is 28.8 Å². The van der Waals surface area contributed by atoms with Crippen LogP contribution in [-0.2, 0) is 0 Å². The van der Waals surface area contributed by atoms with Gasteiger partial charge >= 0.3 is 119 Å². The molecule has 0 atom stereocenters. The van der Waals surface area contributed by atoms with Gasteiger partial charge in [-0.3, -0.25) is 0 Å². The molecule has 1 aromatic rings. The number of carboxylic acids is 1. The SMILES string of the molecule is Cc1cc(C(N)=O)c([As]C2CCCC2)cc1C(=O)O. The van der Waals surface area contributed by atoms with Crippen LogP contribution in [-0.4, -0.2) is 32.7 Å². The van der Waals surface area contributed by atoms with Crippen molar-refractivity contribution in [2.75, 3.05) is 0 Å². The van der Waals surface area contributed by atoms with Crippen molar-refractivity contribution in [3.8, 4) is 0 Å². The van der Waals surface area contributed by atoms with Crippen molar-refractivity contribution in [2.45, 2.75) is 37.3 Å². The summed E-state index contributed by atoms with van der Waals surface area (Å²) in [6.07, 6.45) is 4.86. The molecule has 1 fully saturated rings. The molecule has 1 aromatic carbocycles. The Balaban J connectivity index is 2.39. The first-order chi connectivity index (χ1) is 8.99. The minimum absolute atomic E-state index is 0.189. The van der Waals surface area contributed by atoms with Crippen molar-refractivity contribution in [3.63, 3.8) is 0 Å². The van der Waals surface area contributed by atoms with Gasteiger partial charge in [0.2, 0.25) is 0 Å². The van der Waals surface area contributed by atoms with Gasteiger partial charge in [0.25, 0.3) is 0 Å². The standard InChI is InChI=1S/C14H17AsNO3/c1-8-6-11(13(16)17)12(7-10(8)14(18)19)15-9-4-2-3-5-9/h6-7,9H,2-5H2,1H3,(H2,16,17)(H,18,19). The molecule has 1 amide bonds. The molecule has 19 heavy (non-hydrogen) atoms. The van der Waals surface area contributed by atoms with E-state index in [4.69, 9.17) is 5.73 Å². The Kier molecular flexibility index (Phi) is 4.30. The van der Waals surface area contributed by atoms with Crippen LogP contribution >= 0.6 is 0 Å². The van der Waals surface area contributed by atoms with E-state index in [9.17, 15) is 14.7 Å². The Morgan fingerprint density at radius 3 is 2.42 bits per heavy atom. The van der Waals surface area contributed by atoms with Gasteiger partial charge in [0, 0.05) is 0 Å². The predicted octanol–water partition coefficient (Wildman–Crippen LogP) is 1.48. The second kappa shape index (κ2) is 5.79. The summed E-state index contributed by atoms with van der Waals surface area (Å²) in [4.78, 5) is 22.7. The predicted molar refractivity (Wildman–Crippen MR) is 74.3 cm³/mol. The summed E-state index contributed by atoms with van der Waals surface area (Å²) in [6.45, 7) is 1.70. The Labute approximate surface area is 119 Å². The summed E-state index contributed by atoms with van der Waals surface area (Å²) in [6, 6.07) is 3.29. The Hall–Kier alpha value is -1.28. The molecule has 1 aliphatic rings. The zero-order valence-electron chi connectivity index (χ0n) is 10.8. The summed E-state index contributed by atoms with van der Waals surface area (Å²) in [7, 11) is 0. The first-order valence-corrected chi connectivity index (χ1v) is 8.40. The van der Waals surface area contributed by atoms with Gasteiger partial charge in [-0.2, -0.15) is 0 Å². The molecule has 0 spiro atoms. The number of hydrogen-bond acceptors (Lipinski definition) is 2. The molecule has 1 radical (unpaired) electrons. The van der Waals surface area contributed by atoms with Crippen LogP contribution in [0.4, 0.5) is 0 Å². The fourth-order valence-corrected chi connectivity index (χ4v) is 5.68. The fourth-order valence-electron chi connectivity index (χ4n) is 2.46. The third-order valence-electron chi connectivity index (χ3n) is 3.48. The molecule has 0 heterocycles. The Bertz CT molecular complexity index is 522. The third-order valence-corrected chi connectivity index (χ3v) is 6.69. The van der Waals surface area contributed by atoms with Crippen LogP contribution in [0, 0.1) is 6.92 Å². The second-order valence-corrected chi connectivity index (χ2v) is 8.01. The van der Waals surface area contributed by atoms with E-state index in [-0.39, 0.29) is 21.3 Å². The van der Waals surface area contributed by atoms with Gasteiger partial charge < -0.3 is 0 Å². The molecule has 0 saturated heterocycles. The van der Waals surface area contributed by atoms with E-state index in [1.807, 2.05) is 0 Å². The normalized spacial score (nSPS) is 16.3. The summed E-state index contributed by atoms with van der Waals surface area (Å²) in [5, 5.41) is 9.17. The van der Waals surface area contributed by atoms with Crippen molar-refractivity contribution in [1.29, 1.82) is 0 Å². The summed E-state index contributed by atoms with van der Waals surface area (Å²) < 4.78 is 1.51. The molecule has 3 N–H and O–H groups in total. The Morgan fingerprint density at radius 1 is 1.26 bits per heavy atom. The molecular formula is C14H17AsNO3. The zero-order valence-corrected chi connectivity index (χ0v) is 12.7. The van der Waals surface area contributed by atoms with Crippen LogP contribution in [0.5, 0.6) is 0 Å². The summed E-state index contributed by atoms with van der Waals surface area (Å²) in [5.74, 6) is -1.40. The second-order valence-electron chi connectivity index (χ2n) is 4.92. The third kappa shape index (κ3) is 3.19. The van der Waals surface area contributed by atoms with Crippen LogP contribution in [0.25, 0.3) is 0 Å². The maximum absolute atomic E-state index is 11.5. The van der Waals surface area contributed by atoms with E-state index in [0.29, 0.717) is 15.8 Å². The van der Waals surface area contributed by atoms with Gasteiger partial charge in [-0.05, 0) is 0 Å². The fraction of sp³-hybridized carbons (Fsp3) is 0.429. The van der Waals surface area contributed by atoms with E-state index < -0.39 is 11.9 Å². The number of carbonyl (C=O) groups is 2. The topological polar surface area (TPSA) is 80.4 Å². The minimum atomic E-state index is -0.942. The van der Waals surface area contributed by atoms with Crippen molar-refractivity contribution in [1.82, 2.24) is 0 Å². The summed E-state index contributed by atoms with van der Waals surface area (Å²) in [5.41, 5.74) is 6.80. The van der Waals surface area contributed by atoms with E-state index in [0.717, 1.165) is 4.35 Å². The number of carbonyl (C=O) groups excluding carboxylic acids is 1. The first kappa shape index (κ1) is 14.1. The van der Waals surface area contributed by atoms with Crippen LogP contribution in [0.3, 0.4) is 0 Å². The number of hydrogen-bond donors (Lipinski definition) is 2. The van der Waals surface area contributed by atoms with Gasteiger partial charge in [-0.1, -0.05) is 0 Å². The van der Waals surface area contributed by atoms with Gasteiger partial charge in [0.05, 0.1) is 0 Å². The van der Waals surface area contributed by atoms with Crippen LogP contribution in [0.15, 0.2) is 12.1 Å². The van der Waals surface area contributed by atoms with Crippen LogP contribution in [0.2, 0.25) is 4.71 Å². The number of rotatable bonds is 4. The average Bonchev–Trinajstić information content (AvgIpc) is 2.83. The van der Waals surface area contributed by atoms with E-state index in [2.05, 4.69) is 0 Å². The number of aryl methyl sites for hydroxylation is 1. The molecule has 4 nitrogen and oxygen atoms in total. The van der Waals surface area contributed by atoms with Gasteiger partial charge in [0.1, 0.15) is 0 Å². The number of carboxylic acid groups (broad SMARTS) is 1. The maximum atomic E-state index is 11.5. The number of aromatic carboxylic acids is 1. The Morgan fingerprint density at radius 2 is 1.89 bits per heavy atom. The van der Waals surface area contributed by atoms with Gasteiger partial charge in [-0.25, -0.2) is 0 Å². The quantitative estimate of drug-likeness (QED) is 0.824. The van der Waals surface area contributed by atoms with E-state index >= 15 is 0 Å². The molecule has 1 aliphatic carbocycles. The number of amides is 1. The molecular weight excluding hydrogens is 305 g/mol. The zero-order chi connectivity index (χ0) is 14.0. The van der Waals surface area contributed by atoms with Crippen molar-refractivity contribution >= 4 is 32.0 Å². The first-order valence-electron chi connectivity index (χ1n) is 6.37. The average molecular weight is 322 g/mol. The van der Waals surface area contributed by atoms with E-state index in [1.54, 1.807) is 19.1 Å². The molecule has 101 valence electrons. The molecule has 1 saturated carbocycles. The molecule has 0 bridgehead atoms. The van der Waals surface area contributed by atoms with Crippen molar-refractivity contribution in [2.24, 2.45) is 5.73 Å². The number of nitrogens with two attached hydrogens (primary N) is 1. The van der Waals surface area contributed by atoms with Gasteiger partial charge in [-0.15, -0.1) is 0 Å². The van der Waals surface area contributed by atoms with E-state index in [1.165, 1.54) is 25.7 Å². The van der Waals surface area contributed by atoms with Crippen molar-refractivity contribution < 1.29 is 14.7 Å². The van der Waals surface area contributed by atoms with Gasteiger partial charge in [0.15, 0.2) is 0 Å². The molecule has 0 aromatic heterocycles.